The van der Waals surface area contributed by atoms with Crippen molar-refractivity contribution in [1.29, 1.82) is 0 Å². The molecule has 17 heavy (non-hydrogen) atoms. The van der Waals surface area contributed by atoms with Crippen LogP contribution >= 0.6 is 22.6 Å². The zero-order valence-electron chi connectivity index (χ0n) is 10.1. The summed E-state index contributed by atoms with van der Waals surface area (Å²) in [5, 5.41) is 12.2. The Bertz CT molecular complexity index is 362. The molecule has 3 nitrogen and oxygen atoms in total. The fourth-order valence-corrected chi connectivity index (χ4v) is 1.95. The van der Waals surface area contributed by atoms with Crippen molar-refractivity contribution in [3.63, 3.8) is 0 Å². The normalized spacial score (nSPS) is 12.7. The fourth-order valence-electron chi connectivity index (χ4n) is 1.59. The Balaban J connectivity index is 2.51. The van der Waals surface area contributed by atoms with E-state index in [0.717, 1.165) is 5.56 Å². The van der Waals surface area contributed by atoms with E-state index in [4.69, 9.17) is 5.11 Å². The van der Waals surface area contributed by atoms with Gasteiger partial charge in [-0.25, -0.2) is 0 Å². The van der Waals surface area contributed by atoms with Crippen molar-refractivity contribution >= 4 is 28.6 Å². The van der Waals surface area contributed by atoms with Crippen molar-refractivity contribution in [3.8, 4) is 0 Å². The standard InChI is InChI=1S/C13H18INO2/c1-9(2)7-12(13(16)17)15-8-10-3-5-11(14)6-4-10/h3-6,9,12,15H,7-8H2,1-2H3,(H,16,17). The predicted octanol–water partition coefficient (Wildman–Crippen LogP) is 2.88. The first kappa shape index (κ1) is 14.4. The number of carbonyl (C=O) groups is 1. The summed E-state index contributed by atoms with van der Waals surface area (Å²) in [6.45, 7) is 4.66. The molecule has 0 heterocycles. The molecule has 0 aliphatic heterocycles. The van der Waals surface area contributed by atoms with Crippen LogP contribution < -0.4 is 5.32 Å². The number of halogens is 1. The lowest BCUT2D eigenvalue weighted by Crippen LogP contribution is -2.37. The van der Waals surface area contributed by atoms with Gasteiger partial charge in [-0.3, -0.25) is 4.79 Å². The van der Waals surface area contributed by atoms with E-state index in [1.807, 2.05) is 38.1 Å². The summed E-state index contributed by atoms with van der Waals surface area (Å²) in [6.07, 6.45) is 0.652. The topological polar surface area (TPSA) is 49.3 Å². The minimum Gasteiger partial charge on any atom is -0.480 e. The second-order valence-corrected chi connectivity index (χ2v) is 5.77. The van der Waals surface area contributed by atoms with E-state index in [1.165, 1.54) is 3.57 Å². The molecule has 4 heteroatoms. The van der Waals surface area contributed by atoms with Crippen LogP contribution in [0.4, 0.5) is 0 Å². The first-order valence-electron chi connectivity index (χ1n) is 5.69. The van der Waals surface area contributed by atoms with Gasteiger partial charge in [0, 0.05) is 10.1 Å². The first-order chi connectivity index (χ1) is 7.99. The molecule has 0 fully saturated rings. The lowest BCUT2D eigenvalue weighted by molar-refractivity contribution is -0.140. The van der Waals surface area contributed by atoms with Crippen molar-refractivity contribution in [2.45, 2.75) is 32.9 Å². The largest absolute Gasteiger partial charge is 0.480 e. The third kappa shape index (κ3) is 5.50. The maximum atomic E-state index is 11.0. The Morgan fingerprint density at radius 2 is 1.94 bits per heavy atom. The van der Waals surface area contributed by atoms with Crippen LogP contribution in [-0.2, 0) is 11.3 Å². The van der Waals surface area contributed by atoms with Crippen molar-refractivity contribution in [2.75, 3.05) is 0 Å². The minimum atomic E-state index is -0.774. The number of hydrogen-bond donors (Lipinski definition) is 2. The third-order valence-electron chi connectivity index (χ3n) is 2.47. The molecule has 0 bridgehead atoms. The molecule has 0 spiro atoms. The lowest BCUT2D eigenvalue weighted by atomic mass is 10.0. The maximum absolute atomic E-state index is 11.0. The van der Waals surface area contributed by atoms with Gasteiger partial charge in [-0.1, -0.05) is 26.0 Å². The Labute approximate surface area is 116 Å². The second kappa shape index (κ2) is 6.96. The summed E-state index contributed by atoms with van der Waals surface area (Å²) in [6, 6.07) is 7.62. The minimum absolute atomic E-state index is 0.375. The Morgan fingerprint density at radius 1 is 1.35 bits per heavy atom. The molecule has 1 aromatic rings. The molecular weight excluding hydrogens is 329 g/mol. The average molecular weight is 347 g/mol. The van der Waals surface area contributed by atoms with Gasteiger partial charge >= 0.3 is 5.97 Å². The highest BCUT2D eigenvalue weighted by molar-refractivity contribution is 14.1. The summed E-state index contributed by atoms with van der Waals surface area (Å²) in [5.41, 5.74) is 1.11. The summed E-state index contributed by atoms with van der Waals surface area (Å²) >= 11 is 2.25. The molecule has 94 valence electrons. The van der Waals surface area contributed by atoms with E-state index < -0.39 is 12.0 Å². The van der Waals surface area contributed by atoms with Crippen molar-refractivity contribution in [3.05, 3.63) is 33.4 Å². The van der Waals surface area contributed by atoms with E-state index in [2.05, 4.69) is 27.9 Å². The number of carboxylic acids is 1. The predicted molar refractivity (Wildman–Crippen MR) is 76.9 cm³/mol. The number of carboxylic acid groups (broad SMARTS) is 1. The van der Waals surface area contributed by atoms with Gasteiger partial charge in [-0.15, -0.1) is 0 Å². The third-order valence-corrected chi connectivity index (χ3v) is 3.19. The molecule has 1 atom stereocenters. The van der Waals surface area contributed by atoms with Crippen LogP contribution in [0, 0.1) is 9.49 Å². The average Bonchev–Trinajstić information content (AvgIpc) is 2.25. The van der Waals surface area contributed by atoms with E-state index in [1.54, 1.807) is 0 Å². The van der Waals surface area contributed by atoms with Crippen LogP contribution in [0.2, 0.25) is 0 Å². The maximum Gasteiger partial charge on any atom is 0.320 e. The highest BCUT2D eigenvalue weighted by Crippen LogP contribution is 2.09. The monoisotopic (exact) mass is 347 g/mol. The van der Waals surface area contributed by atoms with Gasteiger partial charge in [0.2, 0.25) is 0 Å². The molecule has 0 aliphatic rings. The van der Waals surface area contributed by atoms with E-state index in [-0.39, 0.29) is 0 Å². The highest BCUT2D eigenvalue weighted by Gasteiger charge is 2.17. The van der Waals surface area contributed by atoms with Gasteiger partial charge in [-0.05, 0) is 52.6 Å². The van der Waals surface area contributed by atoms with Crippen LogP contribution in [0.15, 0.2) is 24.3 Å². The molecule has 1 unspecified atom stereocenters. The zero-order valence-corrected chi connectivity index (χ0v) is 12.3. The molecule has 1 rings (SSSR count). The number of aliphatic carboxylic acids is 1. The van der Waals surface area contributed by atoms with Crippen LogP contribution in [0.1, 0.15) is 25.8 Å². The van der Waals surface area contributed by atoms with E-state index in [9.17, 15) is 4.79 Å². The molecule has 2 N–H and O–H groups in total. The van der Waals surface area contributed by atoms with Gasteiger partial charge in [0.25, 0.3) is 0 Å². The summed E-state index contributed by atoms with van der Waals surface area (Å²) < 4.78 is 1.18. The molecule has 0 aliphatic carbocycles. The van der Waals surface area contributed by atoms with Gasteiger partial charge in [-0.2, -0.15) is 0 Å². The Hall–Kier alpha value is -0.620. The molecule has 0 aromatic heterocycles. The molecule has 0 saturated carbocycles. The zero-order chi connectivity index (χ0) is 12.8. The smallest absolute Gasteiger partial charge is 0.320 e. The van der Waals surface area contributed by atoms with Crippen molar-refractivity contribution < 1.29 is 9.90 Å². The van der Waals surface area contributed by atoms with E-state index in [0.29, 0.717) is 18.9 Å². The molecule has 0 amide bonds. The molecule has 1 aromatic carbocycles. The SMILES string of the molecule is CC(C)CC(NCc1ccc(I)cc1)C(=O)O. The van der Waals surface area contributed by atoms with Crippen molar-refractivity contribution in [2.24, 2.45) is 5.92 Å². The Kier molecular flexibility index (Phi) is 5.91. The quantitative estimate of drug-likeness (QED) is 0.778. The van der Waals surface area contributed by atoms with Gasteiger partial charge in [0.1, 0.15) is 6.04 Å². The van der Waals surface area contributed by atoms with Gasteiger partial charge < -0.3 is 10.4 Å². The van der Waals surface area contributed by atoms with Crippen molar-refractivity contribution in [1.82, 2.24) is 5.32 Å². The van der Waals surface area contributed by atoms with Crippen LogP contribution in [0.25, 0.3) is 0 Å². The second-order valence-electron chi connectivity index (χ2n) is 4.53. The molecular formula is C13H18INO2. The van der Waals surface area contributed by atoms with Gasteiger partial charge in [0.05, 0.1) is 0 Å². The van der Waals surface area contributed by atoms with E-state index >= 15 is 0 Å². The fraction of sp³-hybridized carbons (Fsp3) is 0.462. The summed E-state index contributed by atoms with van der Waals surface area (Å²) in [5.74, 6) is -0.399. The molecule has 0 radical (unpaired) electrons. The highest BCUT2D eigenvalue weighted by atomic mass is 127. The molecule has 0 saturated heterocycles. The Morgan fingerprint density at radius 3 is 2.41 bits per heavy atom. The number of rotatable bonds is 6. The van der Waals surface area contributed by atoms with Crippen LogP contribution in [-0.4, -0.2) is 17.1 Å². The number of hydrogen-bond acceptors (Lipinski definition) is 2. The summed E-state index contributed by atoms with van der Waals surface area (Å²) in [7, 11) is 0. The summed E-state index contributed by atoms with van der Waals surface area (Å²) in [4.78, 5) is 11.0. The van der Waals surface area contributed by atoms with Crippen LogP contribution in [0.5, 0.6) is 0 Å². The van der Waals surface area contributed by atoms with Gasteiger partial charge in [0.15, 0.2) is 0 Å². The lowest BCUT2D eigenvalue weighted by Gasteiger charge is -2.16. The number of benzene rings is 1. The first-order valence-corrected chi connectivity index (χ1v) is 6.77. The number of nitrogens with one attached hydrogen (secondary N) is 1. The van der Waals surface area contributed by atoms with Crippen LogP contribution in [0.3, 0.4) is 0 Å².